The molecule has 0 fully saturated rings. The Kier molecular flexibility index (Phi) is 5.02. The number of rotatable bonds is 4. The Morgan fingerprint density at radius 3 is 2.70 bits per heavy atom. The molecule has 4 aromatic rings. The minimum absolute atomic E-state index is 0.167. The number of carbonyl (C=O) groups is 1. The van der Waals surface area contributed by atoms with Crippen LogP contribution >= 0.6 is 0 Å². The number of aromatic nitrogens is 5. The topological polar surface area (TPSA) is 77.6 Å². The summed E-state index contributed by atoms with van der Waals surface area (Å²) in [6.45, 7) is 0.942. The van der Waals surface area contributed by atoms with Gasteiger partial charge in [-0.25, -0.2) is 4.68 Å². The zero-order valence-corrected chi connectivity index (χ0v) is 18.5. The molecule has 0 radical (unpaired) electrons. The van der Waals surface area contributed by atoms with Gasteiger partial charge in [0.1, 0.15) is 5.82 Å². The van der Waals surface area contributed by atoms with Crippen molar-refractivity contribution in [1.82, 2.24) is 24.5 Å². The molecule has 1 aliphatic carbocycles. The minimum Gasteiger partial charge on any atom is -0.321 e. The number of hydrogen-bond donors (Lipinski definition) is 1. The third kappa shape index (κ3) is 3.63. The van der Waals surface area contributed by atoms with Crippen LogP contribution < -0.4 is 5.32 Å². The number of amides is 1. The summed E-state index contributed by atoms with van der Waals surface area (Å²) in [5.41, 5.74) is 5.43. The first-order chi connectivity index (χ1) is 16.3. The number of carbonyl (C=O) groups excluding carboxylic acids is 1. The largest absolute Gasteiger partial charge is 0.321 e. The Morgan fingerprint density at radius 1 is 0.879 bits per heavy atom. The molecule has 1 N–H and O–H groups in total. The zero-order valence-electron chi connectivity index (χ0n) is 18.5. The van der Waals surface area contributed by atoms with Gasteiger partial charge in [0.05, 0.1) is 5.69 Å². The number of fused-ring (bicyclic) bond motifs is 2. The van der Waals surface area contributed by atoms with Crippen LogP contribution in [0.2, 0.25) is 0 Å². The summed E-state index contributed by atoms with van der Waals surface area (Å²) in [5, 5.41) is 16.7. The maximum atomic E-state index is 13.3. The van der Waals surface area contributed by atoms with Gasteiger partial charge >= 0.3 is 0 Å². The summed E-state index contributed by atoms with van der Waals surface area (Å²) in [5.74, 6) is 1.76. The predicted molar refractivity (Wildman–Crippen MR) is 127 cm³/mol. The predicted octanol–water partition coefficient (Wildman–Crippen LogP) is 4.60. The molecule has 7 heteroatoms. The van der Waals surface area contributed by atoms with Gasteiger partial charge in [0.25, 0.3) is 5.91 Å². The lowest BCUT2D eigenvalue weighted by Crippen LogP contribution is -2.15. The summed E-state index contributed by atoms with van der Waals surface area (Å²) in [6, 6.07) is 17.9. The van der Waals surface area contributed by atoms with Gasteiger partial charge in [-0.15, -0.1) is 10.2 Å². The average Bonchev–Trinajstić information content (AvgIpc) is 3.52. The van der Waals surface area contributed by atoms with Crippen LogP contribution in [-0.2, 0) is 25.8 Å². The first kappa shape index (κ1) is 19.9. The van der Waals surface area contributed by atoms with Crippen molar-refractivity contribution in [2.24, 2.45) is 0 Å². The second kappa shape index (κ2) is 8.31. The second-order valence-electron chi connectivity index (χ2n) is 8.81. The summed E-state index contributed by atoms with van der Waals surface area (Å²) in [7, 11) is 0. The van der Waals surface area contributed by atoms with Crippen molar-refractivity contribution in [2.45, 2.75) is 51.5 Å². The Hall–Kier alpha value is -3.74. The Labute approximate surface area is 192 Å². The van der Waals surface area contributed by atoms with Gasteiger partial charge in [0, 0.05) is 35.5 Å². The maximum absolute atomic E-state index is 13.3. The minimum atomic E-state index is -0.167. The Morgan fingerprint density at radius 2 is 1.79 bits per heavy atom. The molecule has 3 heterocycles. The molecule has 0 unspecified atom stereocenters. The van der Waals surface area contributed by atoms with Crippen LogP contribution in [0.5, 0.6) is 0 Å². The highest BCUT2D eigenvalue weighted by Gasteiger charge is 2.27. The van der Waals surface area contributed by atoms with E-state index in [1.54, 1.807) is 0 Å². The van der Waals surface area contributed by atoms with E-state index in [0.29, 0.717) is 5.69 Å². The molecule has 0 saturated heterocycles. The third-order valence-electron chi connectivity index (χ3n) is 6.63. The number of anilines is 1. The number of aryl methyl sites for hydroxylation is 1. The number of hydrogen-bond acceptors (Lipinski definition) is 4. The molecule has 0 spiro atoms. The van der Waals surface area contributed by atoms with Gasteiger partial charge in [-0.2, -0.15) is 5.10 Å². The smallest absolute Gasteiger partial charge is 0.276 e. The lowest BCUT2D eigenvalue weighted by atomic mass is 10.1. The molecule has 166 valence electrons. The molecular formula is C26H26N6O. The number of nitrogens with one attached hydrogen (secondary N) is 1. The van der Waals surface area contributed by atoms with E-state index in [-0.39, 0.29) is 5.91 Å². The molecule has 2 aromatic heterocycles. The van der Waals surface area contributed by atoms with Gasteiger partial charge in [-0.05, 0) is 56.4 Å². The maximum Gasteiger partial charge on any atom is 0.276 e. The highest BCUT2D eigenvalue weighted by Crippen LogP contribution is 2.29. The van der Waals surface area contributed by atoms with Gasteiger partial charge in [-0.3, -0.25) is 4.79 Å². The number of nitrogens with zero attached hydrogens (tertiary/aromatic N) is 5. The van der Waals surface area contributed by atoms with Gasteiger partial charge in [0.2, 0.25) is 0 Å². The quantitative estimate of drug-likeness (QED) is 0.505. The van der Waals surface area contributed by atoms with Crippen molar-refractivity contribution < 1.29 is 4.79 Å². The molecule has 1 aliphatic heterocycles. The van der Waals surface area contributed by atoms with Crippen LogP contribution in [0.3, 0.4) is 0 Å². The van der Waals surface area contributed by atoms with Crippen molar-refractivity contribution in [2.75, 3.05) is 5.32 Å². The summed E-state index contributed by atoms with van der Waals surface area (Å²) in [6.07, 6.45) is 7.37. The summed E-state index contributed by atoms with van der Waals surface area (Å²) < 4.78 is 4.15. The SMILES string of the molecule is O=C(Nc1cccc(-c2nnc3n2CCCCC3)c1)c1nn(-c2ccccc2)c2c1CCC2. The molecule has 0 bridgehead atoms. The highest BCUT2D eigenvalue weighted by molar-refractivity contribution is 6.04. The van der Waals surface area contributed by atoms with E-state index in [2.05, 4.69) is 20.1 Å². The van der Waals surface area contributed by atoms with Crippen LogP contribution in [0, 0.1) is 0 Å². The normalized spacial score (nSPS) is 15.0. The molecule has 0 atom stereocenters. The molecular weight excluding hydrogens is 412 g/mol. The molecule has 0 saturated carbocycles. The average molecular weight is 439 g/mol. The lowest BCUT2D eigenvalue weighted by Gasteiger charge is -2.09. The number of benzene rings is 2. The van der Waals surface area contributed by atoms with Gasteiger partial charge in [-0.1, -0.05) is 36.8 Å². The third-order valence-corrected chi connectivity index (χ3v) is 6.63. The first-order valence-corrected chi connectivity index (χ1v) is 11.8. The van der Waals surface area contributed by atoms with Crippen LogP contribution in [-0.4, -0.2) is 30.5 Å². The molecule has 2 aromatic carbocycles. The standard InChI is InChI=1S/C26H26N6O/c33-26(24-21-13-8-14-22(21)32(30-24)20-11-3-1-4-12-20)27-19-10-7-9-18(17-19)25-29-28-23-15-5-2-6-16-31(23)25/h1,3-4,7,9-12,17H,2,5-6,8,13-16H2,(H,27,33). The van der Waals surface area contributed by atoms with E-state index in [1.807, 2.05) is 59.3 Å². The fourth-order valence-electron chi connectivity index (χ4n) is 5.03. The van der Waals surface area contributed by atoms with Crippen molar-refractivity contribution in [3.05, 3.63) is 77.4 Å². The van der Waals surface area contributed by atoms with Crippen LogP contribution in [0.15, 0.2) is 54.6 Å². The monoisotopic (exact) mass is 438 g/mol. The van der Waals surface area contributed by atoms with Crippen LogP contribution in [0.4, 0.5) is 5.69 Å². The van der Waals surface area contributed by atoms with Crippen molar-refractivity contribution >= 4 is 11.6 Å². The van der Waals surface area contributed by atoms with E-state index in [0.717, 1.165) is 84.9 Å². The van der Waals surface area contributed by atoms with E-state index in [9.17, 15) is 4.79 Å². The number of para-hydroxylation sites is 1. The summed E-state index contributed by atoms with van der Waals surface area (Å²) >= 11 is 0. The van der Waals surface area contributed by atoms with Crippen molar-refractivity contribution in [1.29, 1.82) is 0 Å². The fourth-order valence-corrected chi connectivity index (χ4v) is 5.03. The fraction of sp³-hybridized carbons (Fsp3) is 0.308. The molecule has 6 rings (SSSR count). The molecule has 33 heavy (non-hydrogen) atoms. The van der Waals surface area contributed by atoms with E-state index in [1.165, 1.54) is 6.42 Å². The van der Waals surface area contributed by atoms with Gasteiger partial charge in [0.15, 0.2) is 11.5 Å². The Balaban J connectivity index is 1.29. The van der Waals surface area contributed by atoms with E-state index >= 15 is 0 Å². The zero-order chi connectivity index (χ0) is 22.2. The molecule has 7 nitrogen and oxygen atoms in total. The summed E-state index contributed by atoms with van der Waals surface area (Å²) in [4.78, 5) is 13.3. The van der Waals surface area contributed by atoms with Crippen molar-refractivity contribution in [3.63, 3.8) is 0 Å². The van der Waals surface area contributed by atoms with Crippen LogP contribution in [0.1, 0.15) is 53.3 Å². The van der Waals surface area contributed by atoms with E-state index in [4.69, 9.17) is 5.10 Å². The van der Waals surface area contributed by atoms with Crippen LogP contribution in [0.25, 0.3) is 17.1 Å². The van der Waals surface area contributed by atoms with E-state index < -0.39 is 0 Å². The Bertz CT molecular complexity index is 1320. The van der Waals surface area contributed by atoms with Crippen molar-refractivity contribution in [3.8, 4) is 17.1 Å². The molecule has 2 aliphatic rings. The second-order valence-corrected chi connectivity index (χ2v) is 8.81. The first-order valence-electron chi connectivity index (χ1n) is 11.8. The lowest BCUT2D eigenvalue weighted by molar-refractivity contribution is 0.102. The van der Waals surface area contributed by atoms with Gasteiger partial charge < -0.3 is 9.88 Å². The highest BCUT2D eigenvalue weighted by atomic mass is 16.2. The molecule has 1 amide bonds.